The van der Waals surface area contributed by atoms with E-state index in [0.717, 1.165) is 32.5 Å². The molecule has 6 heteroatoms. The van der Waals surface area contributed by atoms with Gasteiger partial charge in [-0.05, 0) is 44.5 Å². The second-order valence-corrected chi connectivity index (χ2v) is 6.36. The van der Waals surface area contributed by atoms with Crippen molar-refractivity contribution in [2.75, 3.05) is 26.7 Å². The van der Waals surface area contributed by atoms with Gasteiger partial charge in [0.1, 0.15) is 5.82 Å². The molecule has 1 aliphatic heterocycles. The molecule has 1 aromatic rings. The summed E-state index contributed by atoms with van der Waals surface area (Å²) < 4.78 is 13.2. The van der Waals surface area contributed by atoms with Gasteiger partial charge in [0.25, 0.3) is 5.91 Å². The van der Waals surface area contributed by atoms with E-state index in [-0.39, 0.29) is 23.1 Å². The lowest BCUT2D eigenvalue weighted by Gasteiger charge is -2.36. The second-order valence-electron chi connectivity index (χ2n) is 5.95. The first kappa shape index (κ1) is 17.2. The van der Waals surface area contributed by atoms with Crippen molar-refractivity contribution < 1.29 is 14.3 Å². The quantitative estimate of drug-likeness (QED) is 0.872. The van der Waals surface area contributed by atoms with Gasteiger partial charge in [0.2, 0.25) is 0 Å². The number of rotatable bonds is 6. The molecule has 1 N–H and O–H groups in total. The molecule has 0 spiro atoms. The highest BCUT2D eigenvalue weighted by Gasteiger charge is 2.24. The summed E-state index contributed by atoms with van der Waals surface area (Å²) in [6.07, 6.45) is 1.67. The zero-order valence-electron chi connectivity index (χ0n) is 12.9. The molecule has 1 saturated heterocycles. The van der Waals surface area contributed by atoms with Crippen molar-refractivity contribution in [3.8, 4) is 0 Å². The molecule has 0 saturated carbocycles. The summed E-state index contributed by atoms with van der Waals surface area (Å²) in [5, 5.41) is 9.19. The number of benzene rings is 1. The first-order chi connectivity index (χ1) is 10.4. The standard InChI is InChI=1S/C16H22ClFN2O2/c1-11(4-3-7-20-9-13(21)10-20)19(2)16(22)12-5-6-15(18)14(17)8-12/h5-6,8,11,13,21H,3-4,7,9-10H2,1-2H3. The molecule has 1 fully saturated rings. The number of aliphatic hydroxyl groups excluding tert-OH is 1. The minimum absolute atomic E-state index is 0.0387. The Morgan fingerprint density at radius 2 is 2.23 bits per heavy atom. The minimum Gasteiger partial charge on any atom is -0.390 e. The summed E-state index contributed by atoms with van der Waals surface area (Å²) in [6.45, 7) is 4.42. The molecule has 4 nitrogen and oxygen atoms in total. The molecular formula is C16H22ClFN2O2. The number of carbonyl (C=O) groups is 1. The van der Waals surface area contributed by atoms with E-state index in [1.807, 2.05) is 6.92 Å². The maximum atomic E-state index is 13.2. The smallest absolute Gasteiger partial charge is 0.253 e. The van der Waals surface area contributed by atoms with Crippen LogP contribution in [0.2, 0.25) is 5.02 Å². The van der Waals surface area contributed by atoms with Crippen LogP contribution in [0.3, 0.4) is 0 Å². The number of β-amino-alcohol motifs (C(OH)–C–C–N with tert-alkyl or cyclic N) is 1. The Kier molecular flexibility index (Phi) is 5.78. The lowest BCUT2D eigenvalue weighted by molar-refractivity contribution is 0.000800. The highest BCUT2D eigenvalue weighted by Crippen LogP contribution is 2.18. The van der Waals surface area contributed by atoms with E-state index >= 15 is 0 Å². The number of carbonyl (C=O) groups excluding carboxylic acids is 1. The van der Waals surface area contributed by atoms with Crippen molar-refractivity contribution in [3.63, 3.8) is 0 Å². The predicted molar refractivity (Wildman–Crippen MR) is 84.6 cm³/mol. The Labute approximate surface area is 135 Å². The van der Waals surface area contributed by atoms with Crippen LogP contribution in [-0.2, 0) is 0 Å². The highest BCUT2D eigenvalue weighted by atomic mass is 35.5. The number of aliphatic hydroxyl groups is 1. The van der Waals surface area contributed by atoms with Crippen molar-refractivity contribution in [1.29, 1.82) is 0 Å². The van der Waals surface area contributed by atoms with Crippen LogP contribution >= 0.6 is 11.6 Å². The van der Waals surface area contributed by atoms with Crippen molar-refractivity contribution in [2.24, 2.45) is 0 Å². The Balaban J connectivity index is 1.82. The summed E-state index contributed by atoms with van der Waals surface area (Å²) in [7, 11) is 1.75. The predicted octanol–water partition coefficient (Wildman–Crippen LogP) is 2.40. The van der Waals surface area contributed by atoms with Gasteiger partial charge in [0.15, 0.2) is 0 Å². The Morgan fingerprint density at radius 1 is 1.55 bits per heavy atom. The highest BCUT2D eigenvalue weighted by molar-refractivity contribution is 6.31. The minimum atomic E-state index is -0.523. The van der Waals surface area contributed by atoms with Crippen LogP contribution in [0.1, 0.15) is 30.1 Å². The molecule has 1 heterocycles. The van der Waals surface area contributed by atoms with E-state index in [1.54, 1.807) is 11.9 Å². The topological polar surface area (TPSA) is 43.8 Å². The van der Waals surface area contributed by atoms with E-state index in [1.165, 1.54) is 18.2 Å². The van der Waals surface area contributed by atoms with Crippen LogP contribution in [0.25, 0.3) is 0 Å². The number of hydrogen-bond donors (Lipinski definition) is 1. The molecule has 1 amide bonds. The summed E-state index contributed by atoms with van der Waals surface area (Å²) in [6, 6.07) is 4.11. The van der Waals surface area contributed by atoms with E-state index in [2.05, 4.69) is 4.90 Å². The van der Waals surface area contributed by atoms with Crippen LogP contribution in [0.5, 0.6) is 0 Å². The molecule has 0 aliphatic carbocycles. The molecule has 0 bridgehead atoms. The molecule has 1 atom stereocenters. The Morgan fingerprint density at radius 3 is 2.82 bits per heavy atom. The third kappa shape index (κ3) is 4.18. The van der Waals surface area contributed by atoms with Crippen molar-refractivity contribution >= 4 is 17.5 Å². The average molecular weight is 329 g/mol. The number of amides is 1. The summed E-state index contributed by atoms with van der Waals surface area (Å²) in [4.78, 5) is 16.2. The van der Waals surface area contributed by atoms with Crippen molar-refractivity contribution in [1.82, 2.24) is 9.80 Å². The SMILES string of the molecule is CC(CCCN1CC(O)C1)N(C)C(=O)c1ccc(F)c(Cl)c1. The summed E-state index contributed by atoms with van der Waals surface area (Å²) in [5.74, 6) is -0.681. The van der Waals surface area contributed by atoms with Gasteiger partial charge < -0.3 is 10.0 Å². The van der Waals surface area contributed by atoms with Crippen LogP contribution in [0.4, 0.5) is 4.39 Å². The van der Waals surface area contributed by atoms with Crippen LogP contribution in [-0.4, -0.2) is 59.6 Å². The van der Waals surface area contributed by atoms with Gasteiger partial charge in [-0.25, -0.2) is 4.39 Å². The van der Waals surface area contributed by atoms with Gasteiger partial charge >= 0.3 is 0 Å². The molecule has 2 rings (SSSR count). The first-order valence-electron chi connectivity index (χ1n) is 7.51. The third-order valence-electron chi connectivity index (χ3n) is 4.18. The van der Waals surface area contributed by atoms with Gasteiger partial charge in [0.05, 0.1) is 11.1 Å². The monoisotopic (exact) mass is 328 g/mol. The molecule has 1 aliphatic rings. The third-order valence-corrected chi connectivity index (χ3v) is 4.47. The maximum Gasteiger partial charge on any atom is 0.253 e. The Hall–Kier alpha value is -1.17. The van der Waals surface area contributed by atoms with Crippen molar-refractivity contribution in [3.05, 3.63) is 34.6 Å². The van der Waals surface area contributed by atoms with Gasteiger partial charge in [-0.1, -0.05) is 11.6 Å². The number of nitrogens with zero attached hydrogens (tertiary/aromatic N) is 2. The van der Waals surface area contributed by atoms with E-state index in [0.29, 0.717) is 5.56 Å². The van der Waals surface area contributed by atoms with Gasteiger partial charge in [0, 0.05) is 31.7 Å². The molecule has 0 radical (unpaired) electrons. The van der Waals surface area contributed by atoms with Gasteiger partial charge in [-0.2, -0.15) is 0 Å². The summed E-state index contributed by atoms with van der Waals surface area (Å²) >= 11 is 5.72. The average Bonchev–Trinajstić information content (AvgIpc) is 2.46. The van der Waals surface area contributed by atoms with Gasteiger partial charge in [-0.15, -0.1) is 0 Å². The molecule has 0 aromatic heterocycles. The number of halogens is 2. The molecule has 1 unspecified atom stereocenters. The van der Waals surface area contributed by atoms with E-state index < -0.39 is 5.82 Å². The lowest BCUT2D eigenvalue weighted by Crippen LogP contribution is -2.50. The fourth-order valence-corrected chi connectivity index (χ4v) is 2.74. The molecule has 1 aromatic carbocycles. The zero-order valence-corrected chi connectivity index (χ0v) is 13.7. The fourth-order valence-electron chi connectivity index (χ4n) is 2.56. The fraction of sp³-hybridized carbons (Fsp3) is 0.562. The van der Waals surface area contributed by atoms with Gasteiger partial charge in [-0.3, -0.25) is 9.69 Å². The van der Waals surface area contributed by atoms with E-state index in [9.17, 15) is 14.3 Å². The maximum absolute atomic E-state index is 13.2. The van der Waals surface area contributed by atoms with E-state index in [4.69, 9.17) is 11.6 Å². The normalized spacial score (nSPS) is 17.1. The molecular weight excluding hydrogens is 307 g/mol. The van der Waals surface area contributed by atoms with Crippen LogP contribution < -0.4 is 0 Å². The van der Waals surface area contributed by atoms with Crippen LogP contribution in [0.15, 0.2) is 18.2 Å². The molecule has 22 heavy (non-hydrogen) atoms. The first-order valence-corrected chi connectivity index (χ1v) is 7.89. The summed E-state index contributed by atoms with van der Waals surface area (Å²) in [5.41, 5.74) is 0.395. The zero-order chi connectivity index (χ0) is 16.3. The largest absolute Gasteiger partial charge is 0.390 e. The van der Waals surface area contributed by atoms with Crippen molar-refractivity contribution in [2.45, 2.75) is 31.9 Å². The number of likely N-dealkylation sites (tertiary alicyclic amines) is 1. The number of hydrogen-bond acceptors (Lipinski definition) is 3. The second kappa shape index (κ2) is 7.40. The lowest BCUT2D eigenvalue weighted by atomic mass is 10.1. The Bertz CT molecular complexity index is 535. The van der Waals surface area contributed by atoms with Crippen LogP contribution in [0, 0.1) is 5.82 Å². The molecule has 122 valence electrons.